The first-order valence-corrected chi connectivity index (χ1v) is 25.9. The standard InChI is InChI=1S/C62H36B2N2O4S2/c1-7-21-37(22-8-1)47-52-59(69-54(47)39-25-11-3-12-26-39)63-49-43(65(52)41-29-15-5-16-30-41)33-20-36-46(49)68-62-51(63)57-58(72-62)56-61(71-57)64-50-44(34-19-35-45(50)67-56)66(42-31-17-6-18-32-42)53-48(38-23-9-2-10-24-38)55(70-60(53)64)40-27-13-4-14-28-40/h1-36H. The van der Waals surface area contributed by atoms with Crippen molar-refractivity contribution in [2.24, 2.45) is 0 Å². The van der Waals surface area contributed by atoms with Gasteiger partial charge in [-0.15, -0.1) is 11.3 Å². The first-order chi connectivity index (χ1) is 35.8. The van der Waals surface area contributed by atoms with E-state index < -0.39 is 0 Å². The Balaban J connectivity index is 0.973. The quantitative estimate of drug-likeness (QED) is 0.155. The number of para-hydroxylation sites is 2. The van der Waals surface area contributed by atoms with Crippen LogP contribution in [0.4, 0.5) is 34.1 Å². The van der Waals surface area contributed by atoms with E-state index in [1.807, 2.05) is 0 Å². The van der Waals surface area contributed by atoms with Crippen LogP contribution in [0, 0.1) is 0 Å². The monoisotopic (exact) mass is 958 g/mol. The number of hydrogen-bond donors (Lipinski definition) is 0. The predicted molar refractivity (Wildman–Crippen MR) is 298 cm³/mol. The highest BCUT2D eigenvalue weighted by Gasteiger charge is 2.52. The van der Waals surface area contributed by atoms with Crippen LogP contribution in [0.25, 0.3) is 54.3 Å². The summed E-state index contributed by atoms with van der Waals surface area (Å²) in [7, 11) is 0. The van der Waals surface area contributed by atoms with E-state index in [4.69, 9.17) is 18.3 Å². The number of thiophene rings is 2. The maximum Gasteiger partial charge on any atom is 0.313 e. The molecule has 0 bridgehead atoms. The van der Waals surface area contributed by atoms with Crippen LogP contribution in [0.1, 0.15) is 0 Å². The van der Waals surface area contributed by atoms with Crippen molar-refractivity contribution in [3.63, 3.8) is 0 Å². The summed E-state index contributed by atoms with van der Waals surface area (Å²) in [6, 6.07) is 76.6. The maximum atomic E-state index is 7.53. The van der Waals surface area contributed by atoms with Crippen molar-refractivity contribution in [1.29, 1.82) is 0 Å². The van der Waals surface area contributed by atoms with Gasteiger partial charge in [0, 0.05) is 59.7 Å². The summed E-state index contributed by atoms with van der Waals surface area (Å²) in [6.07, 6.45) is 0. The number of benzene rings is 8. The molecule has 0 spiro atoms. The lowest BCUT2D eigenvalue weighted by molar-refractivity contribution is 0.494. The molecular weight excluding hydrogens is 922 g/mol. The SMILES string of the molecule is c1ccc(-c2oc3c(c2-c2ccccc2)N(c2ccccc2)c2cccc4c2B3c2sc3c5c(sc3c2O4)Oc2cccc3c2B5c2oc(-c4ccccc4)c(-c4ccccc4)c2N3c2ccccc2)cc1. The Morgan fingerprint density at radius 1 is 0.361 bits per heavy atom. The second-order valence-corrected chi connectivity index (χ2v) is 20.6. The van der Waals surface area contributed by atoms with Gasteiger partial charge in [0.25, 0.3) is 0 Å². The average Bonchev–Trinajstić information content (AvgIpc) is 4.23. The lowest BCUT2D eigenvalue weighted by Gasteiger charge is -2.37. The van der Waals surface area contributed by atoms with E-state index in [2.05, 4.69) is 228 Å². The van der Waals surface area contributed by atoms with Gasteiger partial charge in [-0.05, 0) is 59.7 Å². The lowest BCUT2D eigenvalue weighted by Crippen LogP contribution is -2.59. The van der Waals surface area contributed by atoms with E-state index in [0.29, 0.717) is 0 Å². The van der Waals surface area contributed by atoms with Crippen molar-refractivity contribution in [2.45, 2.75) is 0 Å². The molecule has 4 aromatic heterocycles. The van der Waals surface area contributed by atoms with Crippen molar-refractivity contribution in [3.05, 3.63) is 218 Å². The summed E-state index contributed by atoms with van der Waals surface area (Å²) in [5.41, 5.74) is 17.6. The zero-order valence-corrected chi connectivity index (χ0v) is 39.9. The number of hydrogen-bond acceptors (Lipinski definition) is 8. The van der Waals surface area contributed by atoms with Crippen molar-refractivity contribution in [1.82, 2.24) is 0 Å². The van der Waals surface area contributed by atoms with Crippen LogP contribution in [0.2, 0.25) is 0 Å². The summed E-state index contributed by atoms with van der Waals surface area (Å²) >= 11 is 3.46. The molecule has 0 aliphatic carbocycles. The second-order valence-electron chi connectivity index (χ2n) is 18.5. The molecule has 10 heteroatoms. The Morgan fingerprint density at radius 2 is 0.792 bits per heavy atom. The van der Waals surface area contributed by atoms with Gasteiger partial charge >= 0.3 is 13.4 Å². The van der Waals surface area contributed by atoms with Crippen LogP contribution in [0.3, 0.4) is 0 Å². The zero-order chi connectivity index (χ0) is 47.0. The molecule has 0 amide bonds. The van der Waals surface area contributed by atoms with Gasteiger partial charge in [-0.1, -0.05) is 181 Å². The lowest BCUT2D eigenvalue weighted by atomic mass is 9.36. The first-order valence-electron chi connectivity index (χ1n) is 24.2. The number of rotatable bonds is 6. The van der Waals surface area contributed by atoms with Crippen LogP contribution < -0.4 is 51.8 Å². The molecular formula is C62H36B2N2O4S2. The molecule has 0 N–H and O–H groups in total. The van der Waals surface area contributed by atoms with Crippen LogP contribution in [0.15, 0.2) is 227 Å². The smallest absolute Gasteiger partial charge is 0.313 e. The summed E-state index contributed by atoms with van der Waals surface area (Å²) in [5, 5.41) is 0.852. The molecule has 4 aliphatic rings. The van der Waals surface area contributed by atoms with Crippen LogP contribution >= 0.6 is 22.7 Å². The molecule has 0 saturated carbocycles. The van der Waals surface area contributed by atoms with Gasteiger partial charge in [-0.2, -0.15) is 0 Å². The zero-order valence-electron chi connectivity index (χ0n) is 38.3. The molecule has 6 nitrogen and oxygen atoms in total. The van der Waals surface area contributed by atoms with Gasteiger partial charge in [-0.25, -0.2) is 0 Å². The molecule has 16 rings (SSSR count). The van der Waals surface area contributed by atoms with E-state index in [1.165, 1.54) is 0 Å². The molecule has 0 fully saturated rings. The third kappa shape index (κ3) is 5.61. The maximum absolute atomic E-state index is 7.53. The Hall–Kier alpha value is -8.69. The third-order valence-electron chi connectivity index (χ3n) is 14.6. The molecule has 0 saturated heterocycles. The van der Waals surface area contributed by atoms with Gasteiger partial charge in [0.2, 0.25) is 0 Å². The summed E-state index contributed by atoms with van der Waals surface area (Å²) in [4.78, 5) is 4.77. The molecule has 4 aliphatic heterocycles. The van der Waals surface area contributed by atoms with E-state index in [1.54, 1.807) is 22.7 Å². The van der Waals surface area contributed by atoms with E-state index in [-0.39, 0.29) is 13.4 Å². The van der Waals surface area contributed by atoms with E-state index in [9.17, 15) is 0 Å². The van der Waals surface area contributed by atoms with Crippen molar-refractivity contribution in [2.75, 3.05) is 9.80 Å². The molecule has 12 aromatic rings. The van der Waals surface area contributed by atoms with Crippen LogP contribution in [0.5, 0.6) is 22.3 Å². The van der Waals surface area contributed by atoms with E-state index >= 15 is 0 Å². The Labute approximate surface area is 423 Å². The molecule has 8 aromatic carbocycles. The summed E-state index contributed by atoms with van der Waals surface area (Å²) in [6.45, 7) is -0.564. The van der Waals surface area contributed by atoms with Gasteiger partial charge in [0.15, 0.2) is 10.8 Å². The Bertz CT molecular complexity index is 4120. The minimum absolute atomic E-state index is 0.268. The molecule has 72 heavy (non-hydrogen) atoms. The fraction of sp³-hybridized carbons (Fsp3) is 0. The average molecular weight is 959 g/mol. The molecule has 8 heterocycles. The van der Waals surface area contributed by atoms with Crippen LogP contribution in [-0.2, 0) is 0 Å². The first kappa shape index (κ1) is 40.1. The highest BCUT2D eigenvalue weighted by molar-refractivity contribution is 7.39. The number of furan rings is 2. The van der Waals surface area contributed by atoms with Crippen LogP contribution in [-0.4, -0.2) is 13.4 Å². The summed E-state index contributed by atoms with van der Waals surface area (Å²) in [5.74, 6) is 4.16. The minimum Gasteiger partial charge on any atom is -0.467 e. The highest BCUT2D eigenvalue weighted by atomic mass is 32.1. The number of fused-ring (bicyclic) bond motifs is 11. The fourth-order valence-corrected chi connectivity index (χ4v) is 14.5. The topological polar surface area (TPSA) is 51.2 Å². The van der Waals surface area contributed by atoms with Gasteiger partial charge in [0.1, 0.15) is 34.3 Å². The Morgan fingerprint density at radius 3 is 1.29 bits per heavy atom. The molecule has 336 valence electrons. The minimum atomic E-state index is -0.296. The number of anilines is 6. The summed E-state index contributed by atoms with van der Waals surface area (Å²) < 4.78 is 32.8. The highest BCUT2D eigenvalue weighted by Crippen LogP contribution is 2.54. The molecule has 0 unspecified atom stereocenters. The Kier molecular flexibility index (Phi) is 8.58. The van der Waals surface area contributed by atoms with Crippen molar-refractivity contribution in [3.8, 4) is 67.2 Å². The van der Waals surface area contributed by atoms with E-state index in [0.717, 1.165) is 143 Å². The number of ether oxygens (including phenoxy) is 2. The van der Waals surface area contributed by atoms with Gasteiger partial charge in [-0.3, -0.25) is 0 Å². The number of nitrogens with zero attached hydrogens (tertiary/aromatic N) is 2. The van der Waals surface area contributed by atoms with Crippen molar-refractivity contribution < 1.29 is 18.3 Å². The molecule has 0 atom stereocenters. The normalized spacial score (nSPS) is 13.4. The predicted octanol–water partition coefficient (Wildman–Crippen LogP) is 13.6. The van der Waals surface area contributed by atoms with Gasteiger partial charge in [0.05, 0.1) is 27.2 Å². The molecule has 0 radical (unpaired) electrons. The van der Waals surface area contributed by atoms with Gasteiger partial charge < -0.3 is 28.1 Å². The van der Waals surface area contributed by atoms with Crippen molar-refractivity contribution >= 4 is 112 Å². The fourth-order valence-electron chi connectivity index (χ4n) is 11.7. The second kappa shape index (κ2) is 15.4. The third-order valence-corrected chi connectivity index (χ3v) is 17.1. The largest absolute Gasteiger partial charge is 0.467 e.